The quantitative estimate of drug-likeness (QED) is 0.591. The number of morpholine rings is 1. The molecule has 1 fully saturated rings. The molecule has 0 radical (unpaired) electrons. The van der Waals surface area contributed by atoms with E-state index >= 15 is 0 Å². The van der Waals surface area contributed by atoms with Gasteiger partial charge in [0.15, 0.2) is 0 Å². The minimum atomic E-state index is -0.376. The number of nitrogens with zero attached hydrogens (tertiary/aromatic N) is 3. The number of benzene rings is 2. The molecular formula is C24H26N4O5. The molecule has 1 saturated heterocycles. The van der Waals surface area contributed by atoms with Crippen LogP contribution in [-0.2, 0) is 16.1 Å². The Hall–Kier alpha value is -3.85. The monoisotopic (exact) mass is 450 g/mol. The van der Waals surface area contributed by atoms with Gasteiger partial charge < -0.3 is 24.4 Å². The third-order valence-corrected chi connectivity index (χ3v) is 5.37. The van der Waals surface area contributed by atoms with Crippen LogP contribution in [0.5, 0.6) is 11.5 Å². The molecule has 0 aliphatic carbocycles. The Morgan fingerprint density at radius 2 is 1.79 bits per heavy atom. The molecule has 2 aromatic carbocycles. The van der Waals surface area contributed by atoms with Gasteiger partial charge in [-0.05, 0) is 48.5 Å². The summed E-state index contributed by atoms with van der Waals surface area (Å²) in [7, 11) is 3.12. The first-order valence-corrected chi connectivity index (χ1v) is 10.6. The second-order valence-corrected chi connectivity index (χ2v) is 7.48. The second-order valence-electron chi connectivity index (χ2n) is 7.48. The molecule has 172 valence electrons. The van der Waals surface area contributed by atoms with E-state index in [-0.39, 0.29) is 18.0 Å². The first-order chi connectivity index (χ1) is 16.1. The number of rotatable bonds is 7. The molecule has 1 amide bonds. The van der Waals surface area contributed by atoms with Crippen LogP contribution < -0.4 is 25.2 Å². The van der Waals surface area contributed by atoms with E-state index in [2.05, 4.69) is 15.3 Å². The number of hydrogen-bond acceptors (Lipinski definition) is 7. The number of ether oxygens (including phenoxy) is 3. The fourth-order valence-electron chi connectivity index (χ4n) is 3.63. The van der Waals surface area contributed by atoms with Gasteiger partial charge >= 0.3 is 0 Å². The first kappa shape index (κ1) is 22.3. The zero-order valence-electron chi connectivity index (χ0n) is 18.6. The molecule has 1 N–H and O–H groups in total. The molecule has 1 aliphatic heterocycles. The summed E-state index contributed by atoms with van der Waals surface area (Å²) in [4.78, 5) is 27.2. The summed E-state index contributed by atoms with van der Waals surface area (Å²) < 4.78 is 17.2. The van der Waals surface area contributed by atoms with Crippen LogP contribution in [0.2, 0.25) is 0 Å². The van der Waals surface area contributed by atoms with Crippen LogP contribution in [0.3, 0.4) is 0 Å². The summed E-state index contributed by atoms with van der Waals surface area (Å²) in [6.07, 6.45) is 0. The van der Waals surface area contributed by atoms with Gasteiger partial charge in [-0.3, -0.25) is 9.59 Å². The molecule has 0 bridgehead atoms. The third kappa shape index (κ3) is 5.32. The van der Waals surface area contributed by atoms with E-state index < -0.39 is 0 Å². The number of aromatic nitrogens is 2. The average molecular weight is 450 g/mol. The van der Waals surface area contributed by atoms with Crippen molar-refractivity contribution in [2.75, 3.05) is 50.7 Å². The Labute approximate surface area is 191 Å². The Morgan fingerprint density at radius 1 is 1.03 bits per heavy atom. The van der Waals surface area contributed by atoms with E-state index in [0.717, 1.165) is 23.5 Å². The lowest BCUT2D eigenvalue weighted by Gasteiger charge is -2.28. The Kier molecular flexibility index (Phi) is 6.89. The fourth-order valence-corrected chi connectivity index (χ4v) is 3.63. The van der Waals surface area contributed by atoms with Crippen molar-refractivity contribution < 1.29 is 19.0 Å². The zero-order chi connectivity index (χ0) is 23.2. The van der Waals surface area contributed by atoms with Crippen LogP contribution in [0, 0.1) is 0 Å². The van der Waals surface area contributed by atoms with Crippen LogP contribution in [0.1, 0.15) is 0 Å². The van der Waals surface area contributed by atoms with Crippen molar-refractivity contribution in [1.29, 1.82) is 0 Å². The average Bonchev–Trinajstić information content (AvgIpc) is 2.86. The summed E-state index contributed by atoms with van der Waals surface area (Å²) in [5.74, 6) is 0.861. The smallest absolute Gasteiger partial charge is 0.267 e. The van der Waals surface area contributed by atoms with Crippen molar-refractivity contribution in [3.05, 3.63) is 65.0 Å². The molecule has 9 heteroatoms. The highest BCUT2D eigenvalue weighted by Gasteiger charge is 2.14. The number of anilines is 2. The molecule has 0 unspecified atom stereocenters. The van der Waals surface area contributed by atoms with Gasteiger partial charge in [-0.2, -0.15) is 5.10 Å². The standard InChI is InChI=1S/C24H26N4O5/c1-31-19-7-9-22(32-2)20(15-19)21-8-10-24(30)28(26-21)16-23(29)25-17-3-5-18(6-4-17)27-11-13-33-14-12-27/h3-10,15H,11-14,16H2,1-2H3,(H,25,29). The van der Waals surface area contributed by atoms with E-state index in [1.165, 1.54) is 6.07 Å². The Balaban J connectivity index is 1.48. The van der Waals surface area contributed by atoms with Crippen LogP contribution in [0.15, 0.2) is 59.4 Å². The van der Waals surface area contributed by atoms with Crippen LogP contribution in [-0.4, -0.2) is 56.2 Å². The number of carbonyl (C=O) groups excluding carboxylic acids is 1. The predicted molar refractivity (Wildman–Crippen MR) is 125 cm³/mol. The summed E-state index contributed by atoms with van der Waals surface area (Å²) in [6.45, 7) is 2.88. The minimum Gasteiger partial charge on any atom is -0.497 e. The highest BCUT2D eigenvalue weighted by atomic mass is 16.5. The van der Waals surface area contributed by atoms with E-state index in [1.807, 2.05) is 24.3 Å². The van der Waals surface area contributed by atoms with Gasteiger partial charge in [0.1, 0.15) is 18.0 Å². The molecule has 9 nitrogen and oxygen atoms in total. The molecule has 0 saturated carbocycles. The fraction of sp³-hybridized carbons (Fsp3) is 0.292. The lowest BCUT2D eigenvalue weighted by Crippen LogP contribution is -2.36. The van der Waals surface area contributed by atoms with E-state index in [0.29, 0.717) is 41.7 Å². The normalized spacial score (nSPS) is 13.5. The molecule has 0 spiro atoms. The van der Waals surface area contributed by atoms with Gasteiger partial charge in [0.25, 0.3) is 5.56 Å². The van der Waals surface area contributed by atoms with Crippen molar-refractivity contribution in [2.24, 2.45) is 0 Å². The van der Waals surface area contributed by atoms with Crippen molar-refractivity contribution in [3.8, 4) is 22.8 Å². The zero-order valence-corrected chi connectivity index (χ0v) is 18.6. The summed E-state index contributed by atoms with van der Waals surface area (Å²) >= 11 is 0. The molecule has 1 aromatic heterocycles. The summed E-state index contributed by atoms with van der Waals surface area (Å²) in [5, 5.41) is 7.19. The molecule has 33 heavy (non-hydrogen) atoms. The van der Waals surface area contributed by atoms with Crippen molar-refractivity contribution in [2.45, 2.75) is 6.54 Å². The minimum absolute atomic E-state index is 0.218. The molecule has 1 aliphatic rings. The molecule has 0 atom stereocenters. The largest absolute Gasteiger partial charge is 0.497 e. The SMILES string of the molecule is COc1ccc(OC)c(-c2ccc(=O)n(CC(=O)Nc3ccc(N4CCOCC4)cc3)n2)c1. The van der Waals surface area contributed by atoms with Crippen LogP contribution in [0.4, 0.5) is 11.4 Å². The Morgan fingerprint density at radius 3 is 2.48 bits per heavy atom. The van der Waals surface area contributed by atoms with Crippen molar-refractivity contribution >= 4 is 17.3 Å². The van der Waals surface area contributed by atoms with Gasteiger partial charge in [0, 0.05) is 36.1 Å². The number of methoxy groups -OCH3 is 2. The lowest BCUT2D eigenvalue weighted by molar-refractivity contribution is -0.117. The first-order valence-electron chi connectivity index (χ1n) is 10.6. The highest BCUT2D eigenvalue weighted by Crippen LogP contribution is 2.31. The maximum absolute atomic E-state index is 12.6. The van der Waals surface area contributed by atoms with Crippen molar-refractivity contribution in [3.63, 3.8) is 0 Å². The van der Waals surface area contributed by atoms with E-state index in [4.69, 9.17) is 14.2 Å². The molecule has 2 heterocycles. The highest BCUT2D eigenvalue weighted by molar-refractivity contribution is 5.90. The van der Waals surface area contributed by atoms with E-state index in [9.17, 15) is 9.59 Å². The van der Waals surface area contributed by atoms with Gasteiger partial charge in [-0.25, -0.2) is 4.68 Å². The molecule has 4 rings (SSSR count). The second kappa shape index (κ2) is 10.2. The van der Waals surface area contributed by atoms with Crippen molar-refractivity contribution in [1.82, 2.24) is 9.78 Å². The number of amides is 1. The number of hydrogen-bond donors (Lipinski definition) is 1. The summed E-state index contributed by atoms with van der Waals surface area (Å²) in [6, 6.07) is 15.9. The molecular weight excluding hydrogens is 424 g/mol. The van der Waals surface area contributed by atoms with Gasteiger partial charge in [0.05, 0.1) is 33.1 Å². The third-order valence-electron chi connectivity index (χ3n) is 5.37. The maximum atomic E-state index is 12.6. The predicted octanol–water partition coefficient (Wildman–Crippen LogP) is 2.40. The Bertz CT molecular complexity index is 1170. The molecule has 3 aromatic rings. The number of nitrogens with one attached hydrogen (secondary N) is 1. The van der Waals surface area contributed by atoms with Crippen LogP contribution >= 0.6 is 0 Å². The van der Waals surface area contributed by atoms with Gasteiger partial charge in [-0.15, -0.1) is 0 Å². The van der Waals surface area contributed by atoms with Crippen LogP contribution in [0.25, 0.3) is 11.3 Å². The van der Waals surface area contributed by atoms with Gasteiger partial charge in [0.2, 0.25) is 5.91 Å². The topological polar surface area (TPSA) is 94.9 Å². The lowest BCUT2D eigenvalue weighted by atomic mass is 10.1. The number of carbonyl (C=O) groups is 1. The summed E-state index contributed by atoms with van der Waals surface area (Å²) in [5.41, 5.74) is 2.50. The van der Waals surface area contributed by atoms with Gasteiger partial charge in [-0.1, -0.05) is 0 Å². The maximum Gasteiger partial charge on any atom is 0.267 e. The van der Waals surface area contributed by atoms with E-state index in [1.54, 1.807) is 38.5 Å².